The molecule has 3 N–H and O–H groups in total. The predicted molar refractivity (Wildman–Crippen MR) is 80.8 cm³/mol. The molecule has 2 nitrogen and oxygen atoms in total. The average molecular weight is 272 g/mol. The Bertz CT molecular complexity index is 608. The highest BCUT2D eigenvalue weighted by molar-refractivity contribution is 5.34. The van der Waals surface area contributed by atoms with E-state index in [1.54, 1.807) is 6.07 Å². The van der Waals surface area contributed by atoms with Gasteiger partial charge in [0.05, 0.1) is 0 Å². The Morgan fingerprint density at radius 3 is 2.35 bits per heavy atom. The highest BCUT2D eigenvalue weighted by Gasteiger charge is 2.13. The number of aryl methyl sites for hydroxylation is 3. The molecule has 0 aliphatic heterocycles. The number of hydrogen-bond acceptors (Lipinski definition) is 2. The van der Waals surface area contributed by atoms with Crippen molar-refractivity contribution < 1.29 is 4.39 Å². The minimum absolute atomic E-state index is 0.0264. The molecule has 106 valence electrons. The molecule has 0 saturated heterocycles. The maximum Gasteiger partial charge on any atom is 0.123 e. The number of benzene rings is 2. The van der Waals surface area contributed by atoms with E-state index in [2.05, 4.69) is 37.5 Å². The van der Waals surface area contributed by atoms with Crippen molar-refractivity contribution in [3.05, 3.63) is 70.0 Å². The van der Waals surface area contributed by atoms with Crippen molar-refractivity contribution in [1.29, 1.82) is 0 Å². The Morgan fingerprint density at radius 1 is 1.00 bits per heavy atom. The third-order valence-corrected chi connectivity index (χ3v) is 3.86. The van der Waals surface area contributed by atoms with Crippen LogP contribution in [0.15, 0.2) is 36.4 Å². The van der Waals surface area contributed by atoms with Crippen LogP contribution in [0.3, 0.4) is 0 Å². The first-order valence-corrected chi connectivity index (χ1v) is 6.79. The molecule has 3 heteroatoms. The second-order valence-electron chi connectivity index (χ2n) is 5.34. The van der Waals surface area contributed by atoms with Gasteiger partial charge in [-0.25, -0.2) is 4.39 Å². The lowest BCUT2D eigenvalue weighted by molar-refractivity contribution is 0.549. The van der Waals surface area contributed by atoms with Crippen molar-refractivity contribution in [2.75, 3.05) is 0 Å². The molecule has 1 atom stereocenters. The summed E-state index contributed by atoms with van der Waals surface area (Å²) in [4.78, 5) is 0. The van der Waals surface area contributed by atoms with Gasteiger partial charge in [0.2, 0.25) is 0 Å². The molecule has 0 spiro atoms. The van der Waals surface area contributed by atoms with Crippen molar-refractivity contribution in [2.45, 2.75) is 33.2 Å². The standard InChI is InChI=1S/C17H21FN2/c1-11-4-5-15(8-12(11)2)17(20-19)10-14-6-7-16(18)9-13(14)3/h4-9,17,20H,10,19H2,1-3H3. The van der Waals surface area contributed by atoms with Crippen LogP contribution in [0.1, 0.15) is 33.9 Å². The van der Waals surface area contributed by atoms with Crippen LogP contribution < -0.4 is 11.3 Å². The molecule has 0 saturated carbocycles. The van der Waals surface area contributed by atoms with Crippen molar-refractivity contribution >= 4 is 0 Å². The molecule has 0 aromatic heterocycles. The molecule has 2 aromatic carbocycles. The molecule has 0 aliphatic rings. The van der Waals surface area contributed by atoms with Gasteiger partial charge in [0.25, 0.3) is 0 Å². The van der Waals surface area contributed by atoms with Crippen molar-refractivity contribution in [1.82, 2.24) is 5.43 Å². The smallest absolute Gasteiger partial charge is 0.123 e. The maximum atomic E-state index is 13.1. The minimum atomic E-state index is -0.199. The van der Waals surface area contributed by atoms with Gasteiger partial charge < -0.3 is 0 Å². The highest BCUT2D eigenvalue weighted by atomic mass is 19.1. The number of hydrogen-bond donors (Lipinski definition) is 2. The van der Waals surface area contributed by atoms with Gasteiger partial charge in [-0.3, -0.25) is 11.3 Å². The summed E-state index contributed by atoms with van der Waals surface area (Å²) >= 11 is 0. The summed E-state index contributed by atoms with van der Waals surface area (Å²) in [5.41, 5.74) is 8.59. The largest absolute Gasteiger partial charge is 0.271 e. The summed E-state index contributed by atoms with van der Waals surface area (Å²) in [6.45, 7) is 6.11. The van der Waals surface area contributed by atoms with Gasteiger partial charge in [0.1, 0.15) is 5.82 Å². The number of nitrogens with one attached hydrogen (secondary N) is 1. The number of hydrazine groups is 1. The normalized spacial score (nSPS) is 12.4. The first-order valence-electron chi connectivity index (χ1n) is 6.79. The third-order valence-electron chi connectivity index (χ3n) is 3.86. The van der Waals surface area contributed by atoms with Gasteiger partial charge in [0.15, 0.2) is 0 Å². The Morgan fingerprint density at radius 2 is 1.75 bits per heavy atom. The van der Waals surface area contributed by atoms with Gasteiger partial charge in [-0.1, -0.05) is 24.3 Å². The predicted octanol–water partition coefficient (Wildman–Crippen LogP) is 3.50. The summed E-state index contributed by atoms with van der Waals surface area (Å²) in [5.74, 6) is 5.50. The molecule has 0 amide bonds. The van der Waals surface area contributed by atoms with E-state index in [9.17, 15) is 4.39 Å². The van der Waals surface area contributed by atoms with E-state index in [0.29, 0.717) is 0 Å². The summed E-state index contributed by atoms with van der Waals surface area (Å²) in [6.07, 6.45) is 0.741. The zero-order valence-electron chi connectivity index (χ0n) is 12.2. The lowest BCUT2D eigenvalue weighted by atomic mass is 9.94. The van der Waals surface area contributed by atoms with Crippen LogP contribution in [0.4, 0.5) is 4.39 Å². The zero-order chi connectivity index (χ0) is 14.7. The number of nitrogens with two attached hydrogens (primary N) is 1. The maximum absolute atomic E-state index is 13.1. The number of rotatable bonds is 4. The minimum Gasteiger partial charge on any atom is -0.271 e. The van der Waals surface area contributed by atoms with Crippen molar-refractivity contribution in [2.24, 2.45) is 5.84 Å². The quantitative estimate of drug-likeness (QED) is 0.660. The molecule has 1 unspecified atom stereocenters. The van der Waals surface area contributed by atoms with Crippen LogP contribution in [0.5, 0.6) is 0 Å². The van der Waals surface area contributed by atoms with E-state index in [-0.39, 0.29) is 11.9 Å². The van der Waals surface area contributed by atoms with Crippen LogP contribution >= 0.6 is 0 Å². The van der Waals surface area contributed by atoms with Gasteiger partial charge in [-0.15, -0.1) is 0 Å². The average Bonchev–Trinajstić information content (AvgIpc) is 2.41. The fourth-order valence-electron chi connectivity index (χ4n) is 2.36. The second-order valence-corrected chi connectivity index (χ2v) is 5.34. The second kappa shape index (κ2) is 6.16. The van der Waals surface area contributed by atoms with E-state index in [1.807, 2.05) is 13.0 Å². The Kier molecular flexibility index (Phi) is 4.53. The SMILES string of the molecule is Cc1ccc(C(Cc2ccc(F)cc2C)NN)cc1C. The van der Waals surface area contributed by atoms with Crippen LogP contribution in [0.25, 0.3) is 0 Å². The Balaban J connectivity index is 2.26. The topological polar surface area (TPSA) is 38.0 Å². The summed E-state index contributed by atoms with van der Waals surface area (Å²) in [7, 11) is 0. The highest BCUT2D eigenvalue weighted by Crippen LogP contribution is 2.22. The van der Waals surface area contributed by atoms with Crippen LogP contribution in [-0.4, -0.2) is 0 Å². The first kappa shape index (κ1) is 14.7. The van der Waals surface area contributed by atoms with E-state index < -0.39 is 0 Å². The molecule has 2 aromatic rings. The van der Waals surface area contributed by atoms with E-state index in [1.165, 1.54) is 17.2 Å². The van der Waals surface area contributed by atoms with Gasteiger partial charge >= 0.3 is 0 Å². The molecule has 0 heterocycles. The fraction of sp³-hybridized carbons (Fsp3) is 0.294. The molecule has 0 aliphatic carbocycles. The monoisotopic (exact) mass is 272 g/mol. The van der Waals surface area contributed by atoms with Crippen LogP contribution in [-0.2, 0) is 6.42 Å². The third kappa shape index (κ3) is 3.24. The van der Waals surface area contributed by atoms with Gasteiger partial charge in [0, 0.05) is 6.04 Å². The van der Waals surface area contributed by atoms with Crippen LogP contribution in [0.2, 0.25) is 0 Å². The molecular formula is C17H21FN2. The molecule has 2 rings (SSSR count). The Labute approximate surface area is 119 Å². The molecular weight excluding hydrogens is 251 g/mol. The summed E-state index contributed by atoms with van der Waals surface area (Å²) < 4.78 is 13.1. The summed E-state index contributed by atoms with van der Waals surface area (Å²) in [6, 6.07) is 11.3. The van der Waals surface area contributed by atoms with Crippen LogP contribution in [0, 0.1) is 26.6 Å². The van der Waals surface area contributed by atoms with Crippen molar-refractivity contribution in [3.8, 4) is 0 Å². The van der Waals surface area contributed by atoms with Crippen molar-refractivity contribution in [3.63, 3.8) is 0 Å². The van der Waals surface area contributed by atoms with Gasteiger partial charge in [-0.2, -0.15) is 0 Å². The Hall–Kier alpha value is -1.71. The number of halogens is 1. The van der Waals surface area contributed by atoms with E-state index in [4.69, 9.17) is 5.84 Å². The first-order chi connectivity index (χ1) is 9.51. The lowest BCUT2D eigenvalue weighted by Gasteiger charge is -2.19. The van der Waals surface area contributed by atoms with E-state index >= 15 is 0 Å². The molecule has 0 bridgehead atoms. The zero-order valence-corrected chi connectivity index (χ0v) is 12.2. The molecule has 20 heavy (non-hydrogen) atoms. The molecule has 0 radical (unpaired) electrons. The summed E-state index contributed by atoms with van der Waals surface area (Å²) in [5, 5.41) is 0. The van der Waals surface area contributed by atoms with Gasteiger partial charge in [-0.05, 0) is 67.1 Å². The molecule has 0 fully saturated rings. The van der Waals surface area contributed by atoms with E-state index in [0.717, 1.165) is 23.1 Å². The fourth-order valence-corrected chi connectivity index (χ4v) is 2.36. The lowest BCUT2D eigenvalue weighted by Crippen LogP contribution is -2.29.